The Hall–Kier alpha value is -3.76. The quantitative estimate of drug-likeness (QED) is 0.267. The van der Waals surface area contributed by atoms with Gasteiger partial charge in [0.15, 0.2) is 11.5 Å². The Morgan fingerprint density at radius 3 is 2.14 bits per heavy atom. The molecule has 3 rings (SSSR count). The van der Waals surface area contributed by atoms with Gasteiger partial charge in [-0.25, -0.2) is 8.42 Å². The van der Waals surface area contributed by atoms with Gasteiger partial charge >= 0.3 is 0 Å². The van der Waals surface area contributed by atoms with Gasteiger partial charge in [0.25, 0.3) is 10.0 Å². The van der Waals surface area contributed by atoms with E-state index in [-0.39, 0.29) is 23.0 Å². The van der Waals surface area contributed by atoms with Gasteiger partial charge in [-0.15, -0.1) is 0 Å². The molecule has 0 aromatic heterocycles. The predicted octanol–water partition coefficient (Wildman–Crippen LogP) is 5.19. The van der Waals surface area contributed by atoms with Gasteiger partial charge in [-0.3, -0.25) is 13.9 Å². The summed E-state index contributed by atoms with van der Waals surface area (Å²) in [6.45, 7) is 5.59. The van der Waals surface area contributed by atoms with Crippen LogP contribution >= 0.6 is 11.6 Å². The van der Waals surface area contributed by atoms with E-state index in [9.17, 15) is 18.0 Å². The zero-order valence-electron chi connectivity index (χ0n) is 24.6. The van der Waals surface area contributed by atoms with Crippen LogP contribution in [0.4, 0.5) is 5.69 Å². The number of hydrogen-bond donors (Lipinski definition) is 1. The molecular weight excluding hydrogens is 578 g/mol. The van der Waals surface area contributed by atoms with E-state index < -0.39 is 28.5 Å². The van der Waals surface area contributed by atoms with Gasteiger partial charge in [0.2, 0.25) is 11.8 Å². The third kappa shape index (κ3) is 7.95. The molecule has 226 valence electrons. The van der Waals surface area contributed by atoms with Gasteiger partial charge < -0.3 is 19.7 Å². The molecule has 0 unspecified atom stereocenters. The maximum Gasteiger partial charge on any atom is 0.264 e. The largest absolute Gasteiger partial charge is 0.493 e. The van der Waals surface area contributed by atoms with E-state index in [1.165, 1.54) is 37.3 Å². The van der Waals surface area contributed by atoms with Crippen LogP contribution in [0.1, 0.15) is 37.8 Å². The normalized spacial score (nSPS) is 11.9. The molecule has 0 aliphatic heterocycles. The van der Waals surface area contributed by atoms with Crippen molar-refractivity contribution < 1.29 is 27.5 Å². The monoisotopic (exact) mass is 615 g/mol. The second-order valence-electron chi connectivity index (χ2n) is 9.73. The first kappa shape index (κ1) is 32.8. The molecular formula is C31H38ClN3O6S. The summed E-state index contributed by atoms with van der Waals surface area (Å²) in [5, 5.41) is 3.41. The number of carbonyl (C=O) groups excluding carboxylic acids is 2. The zero-order chi connectivity index (χ0) is 30.9. The highest BCUT2D eigenvalue weighted by molar-refractivity contribution is 7.92. The van der Waals surface area contributed by atoms with E-state index in [1.54, 1.807) is 48.5 Å². The van der Waals surface area contributed by atoms with Crippen LogP contribution in [-0.4, -0.2) is 58.5 Å². The first-order chi connectivity index (χ1) is 20.0. The molecule has 3 aromatic rings. The van der Waals surface area contributed by atoms with Gasteiger partial charge in [-0.1, -0.05) is 55.3 Å². The molecule has 0 heterocycles. The summed E-state index contributed by atoms with van der Waals surface area (Å²) in [7, 11) is -1.30. The van der Waals surface area contributed by atoms with Crippen molar-refractivity contribution in [2.75, 3.05) is 31.6 Å². The Balaban J connectivity index is 2.10. The van der Waals surface area contributed by atoms with Crippen molar-refractivity contribution in [3.8, 4) is 11.5 Å². The first-order valence-corrected chi connectivity index (χ1v) is 15.5. The Morgan fingerprint density at radius 2 is 1.57 bits per heavy atom. The minimum atomic E-state index is -4.22. The molecule has 0 aliphatic rings. The molecule has 0 radical (unpaired) electrons. The van der Waals surface area contributed by atoms with Crippen molar-refractivity contribution in [1.82, 2.24) is 10.2 Å². The lowest BCUT2D eigenvalue weighted by atomic mass is 10.1. The van der Waals surface area contributed by atoms with Crippen molar-refractivity contribution in [3.63, 3.8) is 0 Å². The molecule has 1 N–H and O–H groups in total. The number of hydrogen-bond acceptors (Lipinski definition) is 6. The Morgan fingerprint density at radius 1 is 0.929 bits per heavy atom. The number of aryl methyl sites for hydroxylation is 1. The molecule has 1 atom stereocenters. The number of halogens is 1. The highest BCUT2D eigenvalue weighted by Gasteiger charge is 2.34. The fourth-order valence-electron chi connectivity index (χ4n) is 4.42. The topological polar surface area (TPSA) is 105 Å². The van der Waals surface area contributed by atoms with Crippen molar-refractivity contribution in [2.24, 2.45) is 0 Å². The molecule has 0 saturated carbocycles. The van der Waals surface area contributed by atoms with Gasteiger partial charge in [-0.05, 0) is 61.7 Å². The maximum atomic E-state index is 14.1. The van der Waals surface area contributed by atoms with Crippen LogP contribution in [0.5, 0.6) is 11.5 Å². The van der Waals surface area contributed by atoms with E-state index in [0.29, 0.717) is 29.5 Å². The molecule has 11 heteroatoms. The Kier molecular flexibility index (Phi) is 11.6. The van der Waals surface area contributed by atoms with Gasteiger partial charge in [0.05, 0.1) is 24.8 Å². The lowest BCUT2D eigenvalue weighted by Gasteiger charge is -2.33. The number of nitrogens with one attached hydrogen (secondary N) is 1. The van der Waals surface area contributed by atoms with Gasteiger partial charge in [-0.2, -0.15) is 0 Å². The number of methoxy groups -OCH3 is 2. The number of nitrogens with zero attached hydrogens (tertiary/aromatic N) is 2. The summed E-state index contributed by atoms with van der Waals surface area (Å²) in [5.74, 6) is -0.145. The second kappa shape index (κ2) is 14.9. The molecule has 0 saturated heterocycles. The Labute approximate surface area is 253 Å². The standard InChI is InChI=1S/C31H38ClN3O6S/c1-6-18-33-31(37)27(7-2)34(20-23-10-12-24(32)13-11-23)30(36)21-35(25-14-17-28(40-4)29(19-25)41-5)42(38,39)26-15-8-22(3)9-16-26/h8-17,19,27H,6-7,18,20-21H2,1-5H3,(H,33,37)/t27-/m0/s1. The summed E-state index contributed by atoms with van der Waals surface area (Å²) in [6.07, 6.45) is 1.06. The van der Waals surface area contributed by atoms with E-state index in [0.717, 1.165) is 21.9 Å². The highest BCUT2D eigenvalue weighted by Crippen LogP contribution is 2.34. The number of benzene rings is 3. The summed E-state index contributed by atoms with van der Waals surface area (Å²) in [5.41, 5.74) is 1.84. The van der Waals surface area contributed by atoms with Crippen LogP contribution in [0.2, 0.25) is 5.02 Å². The predicted molar refractivity (Wildman–Crippen MR) is 165 cm³/mol. The molecule has 2 amide bonds. The number of ether oxygens (including phenoxy) is 2. The molecule has 3 aromatic carbocycles. The number of amides is 2. The third-order valence-corrected chi connectivity index (χ3v) is 8.78. The van der Waals surface area contributed by atoms with Crippen LogP contribution in [-0.2, 0) is 26.2 Å². The van der Waals surface area contributed by atoms with Gasteiger partial charge in [0.1, 0.15) is 12.6 Å². The summed E-state index contributed by atoms with van der Waals surface area (Å²) in [4.78, 5) is 28.8. The van der Waals surface area contributed by atoms with Crippen molar-refractivity contribution in [1.29, 1.82) is 0 Å². The fourth-order valence-corrected chi connectivity index (χ4v) is 5.95. The average molecular weight is 616 g/mol. The molecule has 9 nitrogen and oxygen atoms in total. The minimum Gasteiger partial charge on any atom is -0.493 e. The van der Waals surface area contributed by atoms with Crippen LogP contribution in [0.25, 0.3) is 0 Å². The number of sulfonamides is 1. The SMILES string of the molecule is CCCNC(=O)[C@H](CC)N(Cc1ccc(Cl)cc1)C(=O)CN(c1ccc(OC)c(OC)c1)S(=O)(=O)c1ccc(C)cc1. The average Bonchev–Trinajstić information content (AvgIpc) is 2.99. The summed E-state index contributed by atoms with van der Waals surface area (Å²) < 4.78 is 39.9. The van der Waals surface area contributed by atoms with Crippen molar-refractivity contribution in [2.45, 2.75) is 51.1 Å². The summed E-state index contributed by atoms with van der Waals surface area (Å²) >= 11 is 6.07. The van der Waals surface area contributed by atoms with E-state index in [2.05, 4.69) is 5.32 Å². The molecule has 42 heavy (non-hydrogen) atoms. The number of carbonyl (C=O) groups is 2. The van der Waals surface area contributed by atoms with Crippen molar-refractivity contribution >= 4 is 39.1 Å². The number of rotatable bonds is 14. The van der Waals surface area contributed by atoms with Crippen LogP contribution in [0, 0.1) is 6.92 Å². The smallest absolute Gasteiger partial charge is 0.264 e. The van der Waals surface area contributed by atoms with E-state index in [1.807, 2.05) is 20.8 Å². The minimum absolute atomic E-state index is 0.0210. The summed E-state index contributed by atoms with van der Waals surface area (Å²) in [6, 6.07) is 17.2. The number of anilines is 1. The van der Waals surface area contributed by atoms with Crippen LogP contribution < -0.4 is 19.1 Å². The zero-order valence-corrected chi connectivity index (χ0v) is 26.2. The fraction of sp³-hybridized carbons (Fsp3) is 0.355. The molecule has 0 bridgehead atoms. The third-order valence-electron chi connectivity index (χ3n) is 6.74. The first-order valence-electron chi connectivity index (χ1n) is 13.7. The van der Waals surface area contributed by atoms with Crippen molar-refractivity contribution in [3.05, 3.63) is 82.9 Å². The van der Waals surface area contributed by atoms with Crippen LogP contribution in [0.15, 0.2) is 71.6 Å². The van der Waals surface area contributed by atoms with Crippen LogP contribution in [0.3, 0.4) is 0 Å². The molecule has 0 aliphatic carbocycles. The Bertz CT molecular complexity index is 1460. The van der Waals surface area contributed by atoms with E-state index in [4.69, 9.17) is 21.1 Å². The van der Waals surface area contributed by atoms with Gasteiger partial charge in [0, 0.05) is 24.2 Å². The highest BCUT2D eigenvalue weighted by atomic mass is 35.5. The second-order valence-corrected chi connectivity index (χ2v) is 12.0. The van der Waals surface area contributed by atoms with E-state index >= 15 is 0 Å². The lowest BCUT2D eigenvalue weighted by molar-refractivity contribution is -0.140. The molecule has 0 spiro atoms. The lowest BCUT2D eigenvalue weighted by Crippen LogP contribution is -2.52. The molecule has 0 fully saturated rings. The maximum absolute atomic E-state index is 14.1.